The average molecular weight is 245 g/mol. The Hall–Kier alpha value is -1.15. The van der Waals surface area contributed by atoms with Crippen molar-refractivity contribution >= 4 is 5.78 Å². The second kappa shape index (κ2) is 5.23. The zero-order valence-electron chi connectivity index (χ0n) is 11.7. The molecule has 1 aliphatic carbocycles. The van der Waals surface area contributed by atoms with Crippen molar-refractivity contribution in [1.82, 2.24) is 4.90 Å². The molecule has 1 aliphatic rings. The van der Waals surface area contributed by atoms with E-state index in [0.717, 1.165) is 32.2 Å². The molecule has 0 spiro atoms. The molecule has 2 heteroatoms. The largest absolute Gasteiger partial charge is 0.309 e. The lowest BCUT2D eigenvalue weighted by Crippen LogP contribution is -2.41. The number of Topliss-reactive ketones (excluding diaryl/α,β-unsaturated/α-hetero) is 1. The first-order valence-corrected chi connectivity index (χ1v) is 6.75. The van der Waals surface area contributed by atoms with Crippen LogP contribution in [0.25, 0.3) is 0 Å². The normalized spacial score (nSPS) is 19.2. The molecular formula is C16H23NO. The predicted octanol–water partition coefficient (Wildman–Crippen LogP) is 2.94. The fraction of sp³-hybridized carbons (Fsp3) is 0.562. The van der Waals surface area contributed by atoms with Gasteiger partial charge in [0.2, 0.25) is 0 Å². The Kier molecular flexibility index (Phi) is 3.86. The lowest BCUT2D eigenvalue weighted by atomic mass is 9.68. The van der Waals surface area contributed by atoms with Crippen LogP contribution in [0.4, 0.5) is 0 Å². The number of hydrogen-bond acceptors (Lipinski definition) is 2. The van der Waals surface area contributed by atoms with Gasteiger partial charge in [0, 0.05) is 24.8 Å². The van der Waals surface area contributed by atoms with Gasteiger partial charge in [0.15, 0.2) is 0 Å². The minimum absolute atomic E-state index is 0.170. The van der Waals surface area contributed by atoms with Crippen molar-refractivity contribution in [2.45, 2.75) is 38.0 Å². The summed E-state index contributed by atoms with van der Waals surface area (Å²) in [6, 6.07) is 8.80. The van der Waals surface area contributed by atoms with Crippen LogP contribution in [0.5, 0.6) is 0 Å². The molecule has 0 aromatic heterocycles. The highest BCUT2D eigenvalue weighted by Crippen LogP contribution is 2.39. The molecule has 1 aromatic carbocycles. The molecule has 0 aliphatic heterocycles. The van der Waals surface area contributed by atoms with E-state index < -0.39 is 0 Å². The number of carbonyl (C=O) groups is 1. The summed E-state index contributed by atoms with van der Waals surface area (Å²) in [5, 5.41) is 0. The summed E-state index contributed by atoms with van der Waals surface area (Å²) in [7, 11) is 4.24. The average Bonchev–Trinajstić information content (AvgIpc) is 2.32. The van der Waals surface area contributed by atoms with Crippen LogP contribution in [0.15, 0.2) is 24.3 Å². The Balaban J connectivity index is 2.32. The third kappa shape index (κ3) is 2.81. The van der Waals surface area contributed by atoms with Gasteiger partial charge in [0.1, 0.15) is 5.78 Å². The Morgan fingerprint density at radius 1 is 1.22 bits per heavy atom. The van der Waals surface area contributed by atoms with Crippen molar-refractivity contribution in [1.29, 1.82) is 0 Å². The van der Waals surface area contributed by atoms with Gasteiger partial charge in [-0.15, -0.1) is 0 Å². The van der Waals surface area contributed by atoms with Crippen molar-refractivity contribution < 1.29 is 4.79 Å². The Bertz CT molecular complexity index is 426. The molecule has 0 saturated heterocycles. The molecule has 0 unspecified atom stereocenters. The van der Waals surface area contributed by atoms with Crippen LogP contribution in [0, 0.1) is 6.92 Å². The molecule has 0 bridgehead atoms. The maximum absolute atomic E-state index is 11.5. The van der Waals surface area contributed by atoms with Gasteiger partial charge in [-0.25, -0.2) is 0 Å². The molecule has 0 heterocycles. The lowest BCUT2D eigenvalue weighted by Gasteiger charge is -2.39. The molecule has 1 saturated carbocycles. The standard InChI is InChI=1S/C16H23NO/c1-13-5-4-6-14(11-13)16(12-17(2)3)9-7-15(18)8-10-16/h4-6,11H,7-10,12H2,1-3H3. The van der Waals surface area contributed by atoms with E-state index in [1.54, 1.807) is 0 Å². The summed E-state index contributed by atoms with van der Waals surface area (Å²) in [4.78, 5) is 13.8. The highest BCUT2D eigenvalue weighted by molar-refractivity contribution is 5.79. The molecule has 2 nitrogen and oxygen atoms in total. The molecular weight excluding hydrogens is 222 g/mol. The number of benzene rings is 1. The molecule has 18 heavy (non-hydrogen) atoms. The first kappa shape index (κ1) is 13.3. The van der Waals surface area contributed by atoms with Crippen molar-refractivity contribution in [2.75, 3.05) is 20.6 Å². The number of hydrogen-bond donors (Lipinski definition) is 0. The summed E-state index contributed by atoms with van der Waals surface area (Å²) >= 11 is 0. The van der Waals surface area contributed by atoms with E-state index in [0.29, 0.717) is 5.78 Å². The minimum atomic E-state index is 0.170. The summed E-state index contributed by atoms with van der Waals surface area (Å²) in [5.41, 5.74) is 2.88. The Morgan fingerprint density at radius 3 is 2.44 bits per heavy atom. The highest BCUT2D eigenvalue weighted by Gasteiger charge is 2.36. The smallest absolute Gasteiger partial charge is 0.132 e. The van der Waals surface area contributed by atoms with E-state index in [1.807, 2.05) is 0 Å². The fourth-order valence-corrected chi connectivity index (χ4v) is 3.13. The van der Waals surface area contributed by atoms with Crippen molar-refractivity contribution in [3.05, 3.63) is 35.4 Å². The summed E-state index contributed by atoms with van der Waals surface area (Å²) < 4.78 is 0. The first-order valence-electron chi connectivity index (χ1n) is 6.75. The van der Waals surface area contributed by atoms with Crippen molar-refractivity contribution in [2.24, 2.45) is 0 Å². The second-order valence-corrected chi connectivity index (χ2v) is 5.93. The van der Waals surface area contributed by atoms with Gasteiger partial charge >= 0.3 is 0 Å². The maximum Gasteiger partial charge on any atom is 0.132 e. The van der Waals surface area contributed by atoms with Gasteiger partial charge in [-0.2, -0.15) is 0 Å². The maximum atomic E-state index is 11.5. The zero-order chi connectivity index (χ0) is 13.2. The van der Waals surface area contributed by atoms with E-state index in [-0.39, 0.29) is 5.41 Å². The monoisotopic (exact) mass is 245 g/mol. The third-order valence-corrected chi connectivity index (χ3v) is 4.01. The number of rotatable bonds is 3. The number of carbonyl (C=O) groups excluding carboxylic acids is 1. The van der Waals surface area contributed by atoms with Gasteiger partial charge in [-0.05, 0) is 39.4 Å². The summed E-state index contributed by atoms with van der Waals surface area (Å²) in [6.07, 6.45) is 3.46. The summed E-state index contributed by atoms with van der Waals surface area (Å²) in [6.45, 7) is 3.17. The third-order valence-electron chi connectivity index (χ3n) is 4.01. The summed E-state index contributed by atoms with van der Waals surface area (Å²) in [5.74, 6) is 0.428. The molecule has 0 N–H and O–H groups in total. The molecule has 0 amide bonds. The number of likely N-dealkylation sites (N-methyl/N-ethyl adjacent to an activating group) is 1. The number of aryl methyl sites for hydroxylation is 1. The zero-order valence-corrected chi connectivity index (χ0v) is 11.7. The molecule has 1 fully saturated rings. The van der Waals surface area contributed by atoms with Gasteiger partial charge in [-0.3, -0.25) is 4.79 Å². The van der Waals surface area contributed by atoms with Crippen LogP contribution in [0.2, 0.25) is 0 Å². The van der Waals surface area contributed by atoms with Gasteiger partial charge < -0.3 is 4.90 Å². The van der Waals surface area contributed by atoms with Crippen molar-refractivity contribution in [3.8, 4) is 0 Å². The predicted molar refractivity (Wildman–Crippen MR) is 74.9 cm³/mol. The van der Waals surface area contributed by atoms with Crippen LogP contribution < -0.4 is 0 Å². The minimum Gasteiger partial charge on any atom is -0.309 e. The Morgan fingerprint density at radius 2 is 1.89 bits per heavy atom. The topological polar surface area (TPSA) is 20.3 Å². The molecule has 98 valence electrons. The highest BCUT2D eigenvalue weighted by atomic mass is 16.1. The van der Waals surface area contributed by atoms with Gasteiger partial charge in [0.25, 0.3) is 0 Å². The molecule has 1 aromatic rings. The van der Waals surface area contributed by atoms with Crippen LogP contribution in [0.1, 0.15) is 36.8 Å². The van der Waals surface area contributed by atoms with Crippen LogP contribution in [-0.4, -0.2) is 31.3 Å². The van der Waals surface area contributed by atoms with E-state index in [2.05, 4.69) is 50.2 Å². The van der Waals surface area contributed by atoms with Gasteiger partial charge in [0.05, 0.1) is 0 Å². The molecule has 2 rings (SSSR count). The van der Waals surface area contributed by atoms with Gasteiger partial charge in [-0.1, -0.05) is 29.8 Å². The van der Waals surface area contributed by atoms with E-state index in [1.165, 1.54) is 11.1 Å². The Labute approximate surface area is 110 Å². The fourth-order valence-electron chi connectivity index (χ4n) is 3.13. The number of ketones is 1. The quantitative estimate of drug-likeness (QED) is 0.816. The van der Waals surface area contributed by atoms with Crippen LogP contribution >= 0.6 is 0 Å². The SMILES string of the molecule is Cc1cccc(C2(CN(C)C)CCC(=O)CC2)c1. The lowest BCUT2D eigenvalue weighted by molar-refractivity contribution is -0.121. The molecule has 0 atom stereocenters. The van der Waals surface area contributed by atoms with E-state index in [9.17, 15) is 4.79 Å². The first-order chi connectivity index (χ1) is 8.52. The van der Waals surface area contributed by atoms with Crippen LogP contribution in [0.3, 0.4) is 0 Å². The van der Waals surface area contributed by atoms with E-state index >= 15 is 0 Å². The molecule has 0 radical (unpaired) electrons. The van der Waals surface area contributed by atoms with Crippen LogP contribution in [-0.2, 0) is 10.2 Å². The van der Waals surface area contributed by atoms with E-state index in [4.69, 9.17) is 0 Å². The van der Waals surface area contributed by atoms with Crippen molar-refractivity contribution in [3.63, 3.8) is 0 Å². The number of nitrogens with zero attached hydrogens (tertiary/aromatic N) is 1. The second-order valence-electron chi connectivity index (χ2n) is 5.93.